The predicted molar refractivity (Wildman–Crippen MR) is 93.3 cm³/mol. The second-order valence-corrected chi connectivity index (χ2v) is 5.88. The van der Waals surface area contributed by atoms with E-state index in [0.717, 1.165) is 6.07 Å². The van der Waals surface area contributed by atoms with Gasteiger partial charge in [-0.05, 0) is 30.3 Å². The van der Waals surface area contributed by atoms with E-state index < -0.39 is 29.0 Å². The van der Waals surface area contributed by atoms with Crippen LogP contribution in [0.2, 0.25) is 5.02 Å². The maximum atomic E-state index is 12.2. The third-order valence-electron chi connectivity index (χ3n) is 3.65. The van der Waals surface area contributed by atoms with Gasteiger partial charge in [-0.2, -0.15) is 0 Å². The number of hydrogen-bond acceptors (Lipinski definition) is 7. The molecule has 1 aliphatic rings. The van der Waals surface area contributed by atoms with Gasteiger partial charge in [0, 0.05) is 11.6 Å². The zero-order chi connectivity index (χ0) is 19.6. The maximum absolute atomic E-state index is 12.2. The van der Waals surface area contributed by atoms with Crippen molar-refractivity contribution in [2.24, 2.45) is 0 Å². The second-order valence-electron chi connectivity index (χ2n) is 5.47. The molecule has 0 unspecified atom stereocenters. The summed E-state index contributed by atoms with van der Waals surface area (Å²) in [6.45, 7) is -0.687. The van der Waals surface area contributed by atoms with Gasteiger partial charge in [-0.3, -0.25) is 19.7 Å². The van der Waals surface area contributed by atoms with Crippen molar-refractivity contribution >= 4 is 40.6 Å². The van der Waals surface area contributed by atoms with E-state index in [-0.39, 0.29) is 28.7 Å². The lowest BCUT2D eigenvalue weighted by Crippen LogP contribution is -2.25. The molecule has 138 valence electrons. The fourth-order valence-corrected chi connectivity index (χ4v) is 2.52. The summed E-state index contributed by atoms with van der Waals surface area (Å²) in [6.07, 6.45) is 0. The highest BCUT2D eigenvalue weighted by Gasteiger charge is 2.20. The van der Waals surface area contributed by atoms with Crippen LogP contribution in [0.15, 0.2) is 36.4 Å². The molecule has 1 amide bonds. The highest BCUT2D eigenvalue weighted by molar-refractivity contribution is 6.32. The number of nitro groups is 1. The van der Waals surface area contributed by atoms with Gasteiger partial charge in [0.2, 0.25) is 0 Å². The van der Waals surface area contributed by atoms with Gasteiger partial charge >= 0.3 is 5.97 Å². The average Bonchev–Trinajstić information content (AvgIpc) is 2.65. The van der Waals surface area contributed by atoms with Crippen molar-refractivity contribution in [2.45, 2.75) is 0 Å². The smallest absolute Gasteiger partial charge is 0.338 e. The molecule has 2 aromatic carbocycles. The van der Waals surface area contributed by atoms with Crippen molar-refractivity contribution in [1.29, 1.82) is 0 Å². The summed E-state index contributed by atoms with van der Waals surface area (Å²) in [6, 6.07) is 7.83. The normalized spacial score (nSPS) is 12.4. The van der Waals surface area contributed by atoms with Crippen molar-refractivity contribution in [1.82, 2.24) is 0 Å². The van der Waals surface area contributed by atoms with Crippen LogP contribution in [0.4, 0.5) is 11.4 Å². The molecule has 0 radical (unpaired) electrons. The van der Waals surface area contributed by atoms with E-state index >= 15 is 0 Å². The number of nitrogens with zero attached hydrogens (tertiary/aromatic N) is 1. The number of Topliss-reactive ketones (excluding diaryl/α,β-unsaturated/α-hetero) is 1. The summed E-state index contributed by atoms with van der Waals surface area (Å²) < 4.78 is 10.1. The van der Waals surface area contributed by atoms with Crippen LogP contribution in [0.3, 0.4) is 0 Å². The van der Waals surface area contributed by atoms with Gasteiger partial charge in [0.15, 0.2) is 19.0 Å². The third-order valence-corrected chi connectivity index (χ3v) is 3.97. The standard InChI is InChI=1S/C17H11ClN2O7/c18-11-3-1-10(6-13(11)20(24)25)17(23)27-7-14(21)9-2-4-15-12(5-9)19-16(22)8-26-15/h1-6H,7-8H2,(H,19,22). The molecule has 0 saturated heterocycles. The second kappa shape index (κ2) is 7.42. The van der Waals surface area contributed by atoms with Crippen LogP contribution in [-0.4, -0.2) is 35.8 Å². The Morgan fingerprint density at radius 2 is 1.96 bits per heavy atom. The number of anilines is 1. The zero-order valence-electron chi connectivity index (χ0n) is 13.6. The Kier molecular flexibility index (Phi) is 5.04. The molecule has 10 heteroatoms. The van der Waals surface area contributed by atoms with Crippen molar-refractivity contribution in [3.63, 3.8) is 0 Å². The Bertz CT molecular complexity index is 974. The van der Waals surface area contributed by atoms with Crippen molar-refractivity contribution < 1.29 is 28.8 Å². The summed E-state index contributed by atoms with van der Waals surface area (Å²) in [5.74, 6) is -1.34. The largest absolute Gasteiger partial charge is 0.482 e. The van der Waals surface area contributed by atoms with Gasteiger partial charge in [-0.15, -0.1) is 0 Å². The van der Waals surface area contributed by atoms with Crippen molar-refractivity contribution in [3.8, 4) is 5.75 Å². The molecule has 1 N–H and O–H groups in total. The lowest BCUT2D eigenvalue weighted by Gasteiger charge is -2.18. The number of fused-ring (bicyclic) bond motifs is 1. The lowest BCUT2D eigenvalue weighted by atomic mass is 10.1. The molecule has 1 heterocycles. The Balaban J connectivity index is 1.68. The monoisotopic (exact) mass is 390 g/mol. The Hall–Kier alpha value is -3.46. The number of rotatable bonds is 5. The molecule has 27 heavy (non-hydrogen) atoms. The maximum Gasteiger partial charge on any atom is 0.338 e. The van der Waals surface area contributed by atoms with Gasteiger partial charge in [0.1, 0.15) is 10.8 Å². The molecule has 9 nitrogen and oxygen atoms in total. The number of esters is 1. The molecule has 0 spiro atoms. The fraction of sp³-hybridized carbons (Fsp3) is 0.118. The number of halogens is 1. The fourth-order valence-electron chi connectivity index (χ4n) is 2.33. The van der Waals surface area contributed by atoms with Crippen molar-refractivity contribution in [2.75, 3.05) is 18.5 Å². The zero-order valence-corrected chi connectivity index (χ0v) is 14.3. The van der Waals surface area contributed by atoms with Crippen LogP contribution >= 0.6 is 11.6 Å². The summed E-state index contributed by atoms with van der Waals surface area (Å²) in [5, 5.41) is 13.3. The van der Waals surface area contributed by atoms with E-state index in [0.29, 0.717) is 11.4 Å². The minimum atomic E-state index is -0.905. The molecule has 0 bridgehead atoms. The van der Waals surface area contributed by atoms with Gasteiger partial charge in [-0.1, -0.05) is 11.6 Å². The van der Waals surface area contributed by atoms with Crippen LogP contribution < -0.4 is 10.1 Å². The Morgan fingerprint density at radius 3 is 2.70 bits per heavy atom. The Morgan fingerprint density at radius 1 is 1.22 bits per heavy atom. The first-order valence-electron chi connectivity index (χ1n) is 7.56. The van der Waals surface area contributed by atoms with E-state index in [4.69, 9.17) is 21.1 Å². The highest BCUT2D eigenvalue weighted by atomic mass is 35.5. The van der Waals surface area contributed by atoms with Crippen LogP contribution in [0, 0.1) is 10.1 Å². The molecule has 0 saturated carbocycles. The topological polar surface area (TPSA) is 125 Å². The molecular weight excluding hydrogens is 380 g/mol. The van der Waals surface area contributed by atoms with Crippen LogP contribution in [0.25, 0.3) is 0 Å². The van der Waals surface area contributed by atoms with Crippen LogP contribution in [0.5, 0.6) is 5.75 Å². The van der Waals surface area contributed by atoms with Gasteiger partial charge in [0.25, 0.3) is 11.6 Å². The van der Waals surface area contributed by atoms with E-state index in [9.17, 15) is 24.5 Å². The number of carbonyl (C=O) groups excluding carboxylic acids is 3. The first-order chi connectivity index (χ1) is 12.8. The van der Waals surface area contributed by atoms with E-state index in [1.165, 1.54) is 30.3 Å². The van der Waals surface area contributed by atoms with E-state index in [1.54, 1.807) is 0 Å². The number of amides is 1. The summed E-state index contributed by atoms with van der Waals surface area (Å²) in [4.78, 5) is 45.7. The van der Waals surface area contributed by atoms with Crippen LogP contribution in [-0.2, 0) is 9.53 Å². The van der Waals surface area contributed by atoms with Crippen LogP contribution in [0.1, 0.15) is 20.7 Å². The number of ketones is 1. The highest BCUT2D eigenvalue weighted by Crippen LogP contribution is 2.29. The van der Waals surface area contributed by atoms with Gasteiger partial charge < -0.3 is 14.8 Å². The average molecular weight is 391 g/mol. The summed E-state index contributed by atoms with van der Waals surface area (Å²) in [5.41, 5.74) is -0.000865. The summed E-state index contributed by atoms with van der Waals surface area (Å²) in [7, 11) is 0. The molecule has 0 aromatic heterocycles. The molecule has 3 rings (SSSR count). The summed E-state index contributed by atoms with van der Waals surface area (Å²) >= 11 is 5.68. The van der Waals surface area contributed by atoms with Gasteiger partial charge in [0.05, 0.1) is 16.2 Å². The number of nitrogens with one attached hydrogen (secondary N) is 1. The minimum absolute atomic E-state index is 0.106. The number of hydrogen-bond donors (Lipinski definition) is 1. The lowest BCUT2D eigenvalue weighted by molar-refractivity contribution is -0.384. The number of ether oxygens (including phenoxy) is 2. The molecule has 0 fully saturated rings. The van der Waals surface area contributed by atoms with Gasteiger partial charge in [-0.25, -0.2) is 4.79 Å². The third kappa shape index (κ3) is 4.04. The first-order valence-corrected chi connectivity index (χ1v) is 7.94. The quantitative estimate of drug-likeness (QED) is 0.360. The minimum Gasteiger partial charge on any atom is -0.482 e. The molecule has 1 aliphatic heterocycles. The molecular formula is C17H11ClN2O7. The number of carbonyl (C=O) groups is 3. The number of benzene rings is 2. The van der Waals surface area contributed by atoms with E-state index in [2.05, 4.69) is 5.32 Å². The Labute approximate surface area is 157 Å². The van der Waals surface area contributed by atoms with Crippen molar-refractivity contribution in [3.05, 3.63) is 62.7 Å². The van der Waals surface area contributed by atoms with E-state index in [1.807, 2.05) is 0 Å². The first kappa shape index (κ1) is 18.3. The predicted octanol–water partition coefficient (Wildman–Crippen LogP) is 2.62. The molecule has 0 atom stereocenters. The SMILES string of the molecule is O=C1COc2ccc(C(=O)COC(=O)c3ccc(Cl)c([N+](=O)[O-])c3)cc2N1. The number of nitro benzene ring substituents is 1. The molecule has 0 aliphatic carbocycles. The molecule has 2 aromatic rings.